The molecule has 1 rings (SSSR count). The summed E-state index contributed by atoms with van der Waals surface area (Å²) in [4.78, 5) is 11.0. The highest BCUT2D eigenvalue weighted by molar-refractivity contribution is 5.94. The molecule has 0 N–H and O–H groups in total. The van der Waals surface area contributed by atoms with Crippen molar-refractivity contribution >= 4 is 5.78 Å². The van der Waals surface area contributed by atoms with E-state index in [4.69, 9.17) is 9.47 Å². The number of Topliss-reactive ketones (excluding diaryl/α,β-unsaturated/α-hetero) is 1. The molecule has 0 aliphatic carbocycles. The van der Waals surface area contributed by atoms with Crippen LogP contribution >= 0.6 is 0 Å². The molecule has 0 spiro atoms. The van der Waals surface area contributed by atoms with Gasteiger partial charge in [-0.1, -0.05) is 0 Å². The van der Waals surface area contributed by atoms with Crippen LogP contribution in [0.15, 0.2) is 18.2 Å². The van der Waals surface area contributed by atoms with Gasteiger partial charge in [0.15, 0.2) is 5.78 Å². The summed E-state index contributed by atoms with van der Waals surface area (Å²) < 4.78 is 23.7. The predicted molar refractivity (Wildman–Crippen MR) is 58.4 cm³/mol. The van der Waals surface area contributed by atoms with E-state index >= 15 is 0 Å². The van der Waals surface area contributed by atoms with Gasteiger partial charge in [0, 0.05) is 13.2 Å². The van der Waals surface area contributed by atoms with Gasteiger partial charge in [-0.3, -0.25) is 4.79 Å². The van der Waals surface area contributed by atoms with Crippen molar-refractivity contribution in [3.8, 4) is 5.75 Å². The third kappa shape index (κ3) is 3.31. The van der Waals surface area contributed by atoms with Crippen LogP contribution in [0.5, 0.6) is 5.75 Å². The number of rotatable bonds is 5. The topological polar surface area (TPSA) is 35.5 Å². The van der Waals surface area contributed by atoms with E-state index in [-0.39, 0.29) is 17.5 Å². The van der Waals surface area contributed by atoms with Crippen LogP contribution in [0.2, 0.25) is 0 Å². The Morgan fingerprint density at radius 3 is 2.69 bits per heavy atom. The highest BCUT2D eigenvalue weighted by Crippen LogP contribution is 2.18. The van der Waals surface area contributed by atoms with Crippen LogP contribution in [-0.2, 0) is 4.74 Å². The molecule has 1 unspecified atom stereocenters. The van der Waals surface area contributed by atoms with Gasteiger partial charge in [0.25, 0.3) is 0 Å². The number of ether oxygens (including phenoxy) is 2. The van der Waals surface area contributed by atoms with Crippen LogP contribution in [0, 0.1) is 5.82 Å². The van der Waals surface area contributed by atoms with Gasteiger partial charge in [-0.2, -0.15) is 0 Å². The van der Waals surface area contributed by atoms with Gasteiger partial charge in [-0.25, -0.2) is 4.39 Å². The van der Waals surface area contributed by atoms with Crippen LogP contribution in [0.3, 0.4) is 0 Å². The number of ketones is 1. The average Bonchev–Trinajstić information content (AvgIpc) is 2.17. The minimum atomic E-state index is -0.561. The van der Waals surface area contributed by atoms with E-state index in [2.05, 4.69) is 0 Å². The molecule has 0 aliphatic rings. The fourth-order valence-electron chi connectivity index (χ4n) is 1.36. The quantitative estimate of drug-likeness (QED) is 0.723. The lowest BCUT2D eigenvalue weighted by molar-refractivity contribution is 0.0917. The van der Waals surface area contributed by atoms with Crippen LogP contribution in [0.1, 0.15) is 24.2 Å². The fourth-order valence-corrected chi connectivity index (χ4v) is 1.36. The van der Waals surface area contributed by atoms with E-state index in [1.54, 1.807) is 13.2 Å². The summed E-state index contributed by atoms with van der Waals surface area (Å²) in [5.41, 5.74) is 0.0757. The van der Waals surface area contributed by atoms with E-state index in [0.717, 1.165) is 0 Å². The lowest BCUT2D eigenvalue weighted by Gasteiger charge is -2.13. The summed E-state index contributed by atoms with van der Waals surface area (Å²) in [6.07, 6.45) is -0.160. The zero-order valence-corrected chi connectivity index (χ0v) is 9.62. The molecule has 0 fully saturated rings. The van der Waals surface area contributed by atoms with Crippen molar-refractivity contribution in [3.63, 3.8) is 0 Å². The van der Waals surface area contributed by atoms with Crippen molar-refractivity contribution in [2.45, 2.75) is 20.0 Å². The first-order valence-corrected chi connectivity index (χ1v) is 5.00. The number of benzene rings is 1. The lowest BCUT2D eigenvalue weighted by Crippen LogP contribution is -2.18. The highest BCUT2D eigenvalue weighted by Gasteiger charge is 2.10. The summed E-state index contributed by atoms with van der Waals surface area (Å²) in [7, 11) is 1.57. The molecule has 0 heterocycles. The molecule has 4 heteroatoms. The highest BCUT2D eigenvalue weighted by atomic mass is 19.1. The molecule has 0 radical (unpaired) electrons. The third-order valence-corrected chi connectivity index (χ3v) is 2.06. The molecule has 88 valence electrons. The molecule has 3 nitrogen and oxygen atoms in total. The first kappa shape index (κ1) is 12.6. The van der Waals surface area contributed by atoms with Crippen LogP contribution in [0.25, 0.3) is 0 Å². The summed E-state index contributed by atoms with van der Waals surface area (Å²) in [5, 5.41) is 0. The molecule has 0 aromatic heterocycles. The Morgan fingerprint density at radius 1 is 1.50 bits per heavy atom. The molecule has 1 aromatic carbocycles. The van der Waals surface area contributed by atoms with Gasteiger partial charge in [-0.05, 0) is 26.0 Å². The number of carbonyl (C=O) groups is 1. The Labute approximate surface area is 94.2 Å². The Balaban J connectivity index is 2.77. The molecule has 0 aliphatic heterocycles. The van der Waals surface area contributed by atoms with Crippen LogP contribution in [-0.4, -0.2) is 25.6 Å². The molecule has 16 heavy (non-hydrogen) atoms. The second kappa shape index (κ2) is 5.61. The van der Waals surface area contributed by atoms with Crippen molar-refractivity contribution in [2.24, 2.45) is 0 Å². The number of hydrogen-bond acceptors (Lipinski definition) is 3. The van der Waals surface area contributed by atoms with E-state index in [9.17, 15) is 9.18 Å². The van der Waals surface area contributed by atoms with Crippen molar-refractivity contribution in [1.29, 1.82) is 0 Å². The smallest absolute Gasteiger partial charge is 0.162 e. The fraction of sp³-hybridized carbons (Fsp3) is 0.417. The summed E-state index contributed by atoms with van der Waals surface area (Å²) >= 11 is 0. The maximum atomic E-state index is 13.4. The van der Waals surface area contributed by atoms with Crippen molar-refractivity contribution in [3.05, 3.63) is 29.6 Å². The largest absolute Gasteiger partial charge is 0.488 e. The Bertz CT molecular complexity index is 377. The molecular formula is C12H15FO3. The number of hydrogen-bond donors (Lipinski definition) is 0. The second-order valence-electron chi connectivity index (χ2n) is 3.58. The van der Waals surface area contributed by atoms with Gasteiger partial charge < -0.3 is 9.47 Å². The van der Waals surface area contributed by atoms with Gasteiger partial charge in [0.05, 0.1) is 12.2 Å². The predicted octanol–water partition coefficient (Wildman–Crippen LogP) is 2.44. The molecule has 1 atom stereocenters. The molecular weight excluding hydrogens is 211 g/mol. The third-order valence-electron chi connectivity index (χ3n) is 2.06. The SMILES string of the molecule is COCC(C)Oc1ccc(C(C)=O)c(F)c1. The lowest BCUT2D eigenvalue weighted by atomic mass is 10.1. The maximum Gasteiger partial charge on any atom is 0.162 e. The monoisotopic (exact) mass is 226 g/mol. The van der Waals surface area contributed by atoms with E-state index in [1.165, 1.54) is 19.1 Å². The number of methoxy groups -OCH3 is 1. The van der Waals surface area contributed by atoms with E-state index in [1.807, 2.05) is 6.92 Å². The first-order valence-electron chi connectivity index (χ1n) is 5.00. The molecule has 0 amide bonds. The summed E-state index contributed by atoms with van der Waals surface area (Å²) in [6.45, 7) is 3.57. The second-order valence-corrected chi connectivity index (χ2v) is 3.58. The number of halogens is 1. The first-order chi connectivity index (χ1) is 7.54. The minimum Gasteiger partial charge on any atom is -0.488 e. The molecule has 1 aromatic rings. The zero-order chi connectivity index (χ0) is 12.1. The average molecular weight is 226 g/mol. The van der Waals surface area contributed by atoms with E-state index < -0.39 is 5.82 Å². The van der Waals surface area contributed by atoms with Gasteiger partial charge >= 0.3 is 0 Å². The molecule has 0 bridgehead atoms. The van der Waals surface area contributed by atoms with Crippen molar-refractivity contribution < 1.29 is 18.7 Å². The van der Waals surface area contributed by atoms with Crippen LogP contribution in [0.4, 0.5) is 4.39 Å². The summed E-state index contributed by atoms with van der Waals surface area (Å²) in [5.74, 6) is -0.462. The standard InChI is InChI=1S/C12H15FO3/c1-8(7-15-3)16-10-4-5-11(9(2)14)12(13)6-10/h4-6,8H,7H2,1-3H3. The Morgan fingerprint density at radius 2 is 2.19 bits per heavy atom. The van der Waals surface area contributed by atoms with Gasteiger partial charge in [0.2, 0.25) is 0 Å². The van der Waals surface area contributed by atoms with Crippen LogP contribution < -0.4 is 4.74 Å². The van der Waals surface area contributed by atoms with Crippen molar-refractivity contribution in [2.75, 3.05) is 13.7 Å². The Kier molecular flexibility index (Phi) is 4.43. The van der Waals surface area contributed by atoms with E-state index in [0.29, 0.717) is 12.4 Å². The minimum absolute atomic E-state index is 0.0757. The number of carbonyl (C=O) groups excluding carboxylic acids is 1. The van der Waals surface area contributed by atoms with Gasteiger partial charge in [-0.15, -0.1) is 0 Å². The maximum absolute atomic E-state index is 13.4. The van der Waals surface area contributed by atoms with Gasteiger partial charge in [0.1, 0.15) is 17.7 Å². The summed E-state index contributed by atoms with van der Waals surface area (Å²) in [6, 6.07) is 4.21. The Hall–Kier alpha value is -1.42. The zero-order valence-electron chi connectivity index (χ0n) is 9.62. The molecule has 0 saturated carbocycles. The van der Waals surface area contributed by atoms with Crippen molar-refractivity contribution in [1.82, 2.24) is 0 Å². The molecule has 0 saturated heterocycles. The normalized spacial score (nSPS) is 12.2.